The number of nitrogens with two attached hydrogens (primary N) is 1. The molecule has 6 heteroatoms. The molecule has 1 amide bonds. The van der Waals surface area contributed by atoms with Crippen LogP contribution >= 0.6 is 0 Å². The summed E-state index contributed by atoms with van der Waals surface area (Å²) in [6.45, 7) is 4.39. The van der Waals surface area contributed by atoms with Crippen molar-refractivity contribution in [2.75, 3.05) is 12.3 Å². The van der Waals surface area contributed by atoms with E-state index in [0.29, 0.717) is 17.9 Å². The van der Waals surface area contributed by atoms with Crippen LogP contribution in [0.1, 0.15) is 24.2 Å². The van der Waals surface area contributed by atoms with E-state index in [9.17, 15) is 4.79 Å². The number of nitrogen functional groups attached to an aromatic ring is 1. The Morgan fingerprint density at radius 3 is 2.85 bits per heavy atom. The van der Waals surface area contributed by atoms with Gasteiger partial charge in [-0.2, -0.15) is 4.98 Å². The predicted molar refractivity (Wildman–Crippen MR) is 104 cm³/mol. The molecule has 1 aromatic carbocycles. The van der Waals surface area contributed by atoms with Crippen molar-refractivity contribution in [1.29, 1.82) is 0 Å². The van der Waals surface area contributed by atoms with Crippen molar-refractivity contribution in [2.24, 2.45) is 0 Å². The fourth-order valence-corrected chi connectivity index (χ4v) is 2.81. The Morgan fingerprint density at radius 2 is 2.12 bits per heavy atom. The van der Waals surface area contributed by atoms with Gasteiger partial charge in [0.2, 0.25) is 5.95 Å². The molecule has 2 aromatic heterocycles. The second kappa shape index (κ2) is 7.65. The van der Waals surface area contributed by atoms with Gasteiger partial charge >= 0.3 is 0 Å². The first-order valence-electron chi connectivity index (χ1n) is 8.39. The third-order valence-electron chi connectivity index (χ3n) is 4.09. The summed E-state index contributed by atoms with van der Waals surface area (Å²) in [4.78, 5) is 20.8. The van der Waals surface area contributed by atoms with Crippen LogP contribution in [0, 0.1) is 0 Å². The molecule has 3 N–H and O–H groups in total. The molecule has 0 bridgehead atoms. The lowest BCUT2D eigenvalue weighted by molar-refractivity contribution is 0.0959. The highest BCUT2D eigenvalue weighted by atomic mass is 16.1. The summed E-state index contributed by atoms with van der Waals surface area (Å²) in [5.74, 6) is 0.759. The summed E-state index contributed by atoms with van der Waals surface area (Å²) in [5, 5.41) is 3.83. The lowest BCUT2D eigenvalue weighted by Gasteiger charge is -2.08. The average Bonchev–Trinajstić information content (AvgIpc) is 3.09. The van der Waals surface area contributed by atoms with Gasteiger partial charge in [-0.05, 0) is 43.7 Å². The number of fused-ring (bicyclic) bond motifs is 1. The molecule has 0 unspecified atom stereocenters. The number of aromatic nitrogens is 3. The van der Waals surface area contributed by atoms with Crippen LogP contribution in [0.2, 0.25) is 0 Å². The molecule has 0 aliphatic rings. The number of benzene rings is 1. The SMILES string of the molecule is C/C=C\C(=C/C)CNC(=O)c1cccc2c1ccn2-c1ccnc(N)n1. The molecular formula is C20H21N5O. The Bertz CT molecular complexity index is 1000. The van der Waals surface area contributed by atoms with Crippen molar-refractivity contribution >= 4 is 22.8 Å². The van der Waals surface area contributed by atoms with Crippen LogP contribution in [0.5, 0.6) is 0 Å². The summed E-state index contributed by atoms with van der Waals surface area (Å²) >= 11 is 0. The molecule has 6 nitrogen and oxygen atoms in total. The van der Waals surface area contributed by atoms with E-state index in [1.807, 2.05) is 67.1 Å². The largest absolute Gasteiger partial charge is 0.368 e. The Kier molecular flexibility index (Phi) is 5.12. The predicted octanol–water partition coefficient (Wildman–Crippen LogP) is 3.25. The summed E-state index contributed by atoms with van der Waals surface area (Å²) < 4.78 is 1.89. The quantitative estimate of drug-likeness (QED) is 0.694. The smallest absolute Gasteiger partial charge is 0.252 e. The van der Waals surface area contributed by atoms with Gasteiger partial charge in [0.25, 0.3) is 5.91 Å². The maximum atomic E-state index is 12.7. The van der Waals surface area contributed by atoms with E-state index >= 15 is 0 Å². The Labute approximate surface area is 152 Å². The zero-order valence-corrected chi connectivity index (χ0v) is 14.8. The van der Waals surface area contributed by atoms with Gasteiger partial charge in [0.05, 0.1) is 5.52 Å². The van der Waals surface area contributed by atoms with Crippen LogP contribution in [0.25, 0.3) is 16.7 Å². The molecule has 0 saturated carbocycles. The summed E-state index contributed by atoms with van der Waals surface area (Å²) in [6, 6.07) is 9.31. The van der Waals surface area contributed by atoms with E-state index in [-0.39, 0.29) is 11.9 Å². The molecule has 0 atom stereocenters. The number of anilines is 1. The molecule has 0 aliphatic heterocycles. The summed E-state index contributed by atoms with van der Waals surface area (Å²) in [5.41, 5.74) is 8.25. The number of amides is 1. The number of carbonyl (C=O) groups is 1. The molecule has 26 heavy (non-hydrogen) atoms. The van der Waals surface area contributed by atoms with Crippen molar-refractivity contribution in [3.05, 3.63) is 72.1 Å². The van der Waals surface area contributed by atoms with E-state index in [1.165, 1.54) is 0 Å². The van der Waals surface area contributed by atoms with Crippen LogP contribution in [-0.4, -0.2) is 27.0 Å². The van der Waals surface area contributed by atoms with Gasteiger partial charge in [0, 0.05) is 29.9 Å². The number of nitrogens with zero attached hydrogens (tertiary/aromatic N) is 3. The number of hydrogen-bond donors (Lipinski definition) is 2. The number of allylic oxidation sites excluding steroid dienone is 2. The normalized spacial score (nSPS) is 12.0. The van der Waals surface area contributed by atoms with Crippen molar-refractivity contribution in [1.82, 2.24) is 19.9 Å². The van der Waals surface area contributed by atoms with E-state index in [0.717, 1.165) is 16.5 Å². The zero-order valence-electron chi connectivity index (χ0n) is 14.8. The lowest BCUT2D eigenvalue weighted by atomic mass is 10.1. The molecular weight excluding hydrogens is 326 g/mol. The van der Waals surface area contributed by atoms with Gasteiger partial charge in [0.15, 0.2) is 0 Å². The van der Waals surface area contributed by atoms with Crippen molar-refractivity contribution in [2.45, 2.75) is 13.8 Å². The second-order valence-corrected chi connectivity index (χ2v) is 5.74. The Hall–Kier alpha value is -3.41. The molecule has 0 fully saturated rings. The van der Waals surface area contributed by atoms with E-state index in [4.69, 9.17) is 5.73 Å². The zero-order chi connectivity index (χ0) is 18.5. The molecule has 3 rings (SSSR count). The minimum Gasteiger partial charge on any atom is -0.368 e. The molecule has 0 spiro atoms. The fourth-order valence-electron chi connectivity index (χ4n) is 2.81. The van der Waals surface area contributed by atoms with Crippen LogP contribution < -0.4 is 11.1 Å². The number of hydrogen-bond acceptors (Lipinski definition) is 4. The molecule has 0 radical (unpaired) electrons. The molecule has 0 saturated heterocycles. The summed E-state index contributed by atoms with van der Waals surface area (Å²) in [6.07, 6.45) is 9.41. The third kappa shape index (κ3) is 3.49. The van der Waals surface area contributed by atoms with Crippen molar-refractivity contribution < 1.29 is 4.79 Å². The monoisotopic (exact) mass is 347 g/mol. The van der Waals surface area contributed by atoms with Gasteiger partial charge in [-0.15, -0.1) is 0 Å². The lowest BCUT2D eigenvalue weighted by Crippen LogP contribution is -2.25. The number of carbonyl (C=O) groups excluding carboxylic acids is 1. The topological polar surface area (TPSA) is 85.8 Å². The minimum absolute atomic E-state index is 0.112. The second-order valence-electron chi connectivity index (χ2n) is 5.74. The first-order chi connectivity index (χ1) is 12.6. The molecule has 2 heterocycles. The van der Waals surface area contributed by atoms with Gasteiger partial charge in [-0.3, -0.25) is 4.79 Å². The number of nitrogens with one attached hydrogen (secondary N) is 1. The van der Waals surface area contributed by atoms with Crippen LogP contribution in [0.3, 0.4) is 0 Å². The van der Waals surface area contributed by atoms with Crippen LogP contribution in [0.4, 0.5) is 5.95 Å². The molecule has 3 aromatic rings. The highest BCUT2D eigenvalue weighted by Gasteiger charge is 2.13. The van der Waals surface area contributed by atoms with E-state index < -0.39 is 0 Å². The highest BCUT2D eigenvalue weighted by Crippen LogP contribution is 2.23. The van der Waals surface area contributed by atoms with Crippen molar-refractivity contribution in [3.8, 4) is 5.82 Å². The van der Waals surface area contributed by atoms with Crippen LogP contribution in [0.15, 0.2) is 66.5 Å². The van der Waals surface area contributed by atoms with E-state index in [2.05, 4.69) is 15.3 Å². The van der Waals surface area contributed by atoms with Crippen LogP contribution in [-0.2, 0) is 0 Å². The Balaban J connectivity index is 1.92. The van der Waals surface area contributed by atoms with Gasteiger partial charge in [-0.25, -0.2) is 4.98 Å². The third-order valence-corrected chi connectivity index (χ3v) is 4.09. The van der Waals surface area contributed by atoms with E-state index in [1.54, 1.807) is 12.3 Å². The Morgan fingerprint density at radius 1 is 1.27 bits per heavy atom. The molecule has 0 aliphatic carbocycles. The maximum absolute atomic E-state index is 12.7. The maximum Gasteiger partial charge on any atom is 0.252 e. The average molecular weight is 347 g/mol. The fraction of sp³-hybridized carbons (Fsp3) is 0.150. The number of rotatable bonds is 5. The van der Waals surface area contributed by atoms with Gasteiger partial charge in [-0.1, -0.05) is 24.3 Å². The first kappa shape index (κ1) is 17.4. The van der Waals surface area contributed by atoms with Gasteiger partial charge < -0.3 is 15.6 Å². The first-order valence-corrected chi connectivity index (χ1v) is 8.39. The van der Waals surface area contributed by atoms with Crippen molar-refractivity contribution in [3.63, 3.8) is 0 Å². The summed E-state index contributed by atoms with van der Waals surface area (Å²) in [7, 11) is 0. The molecule has 132 valence electrons. The highest BCUT2D eigenvalue weighted by molar-refractivity contribution is 6.06. The standard InChI is InChI=1S/C20H21N5O/c1-3-6-14(4-2)13-23-19(26)16-7-5-8-17-15(16)10-12-25(17)18-9-11-22-20(21)24-18/h3-12H,13H2,1-2H3,(H,23,26)(H2,21,22,24)/b6-3-,14-4+. The van der Waals surface area contributed by atoms with Gasteiger partial charge in [0.1, 0.15) is 5.82 Å². The minimum atomic E-state index is -0.112.